The molecule has 5 heteroatoms. The average molecular weight is 358 g/mol. The van der Waals surface area contributed by atoms with Crippen molar-refractivity contribution in [1.82, 2.24) is 10.2 Å². The number of nitriles is 1. The summed E-state index contributed by atoms with van der Waals surface area (Å²) in [6.07, 6.45) is 0. The fraction of sp³-hybridized carbons (Fsp3) is 0.350. The van der Waals surface area contributed by atoms with Gasteiger partial charge in [0.1, 0.15) is 0 Å². The molecule has 0 aromatic heterocycles. The van der Waals surface area contributed by atoms with Gasteiger partial charge in [0, 0.05) is 32.7 Å². The van der Waals surface area contributed by atoms with Crippen LogP contribution >= 0.6 is 12.4 Å². The summed E-state index contributed by atoms with van der Waals surface area (Å²) in [7, 11) is 0. The maximum atomic E-state index is 8.84. The molecule has 2 aromatic carbocycles. The van der Waals surface area contributed by atoms with E-state index in [4.69, 9.17) is 10.00 Å². The molecule has 25 heavy (non-hydrogen) atoms. The number of ether oxygens (including phenoxy) is 1. The molecule has 0 bridgehead atoms. The Morgan fingerprint density at radius 3 is 2.32 bits per heavy atom. The van der Waals surface area contributed by atoms with Gasteiger partial charge in [0.05, 0.1) is 24.8 Å². The van der Waals surface area contributed by atoms with E-state index in [0.717, 1.165) is 45.9 Å². The van der Waals surface area contributed by atoms with Crippen LogP contribution in [-0.4, -0.2) is 31.2 Å². The summed E-state index contributed by atoms with van der Waals surface area (Å²) in [4.78, 5) is 2.45. The van der Waals surface area contributed by atoms with Crippen molar-refractivity contribution in [3.63, 3.8) is 0 Å². The van der Waals surface area contributed by atoms with Gasteiger partial charge in [0.2, 0.25) is 0 Å². The molecule has 0 amide bonds. The fourth-order valence-electron chi connectivity index (χ4n) is 2.92. The molecule has 1 heterocycles. The van der Waals surface area contributed by atoms with Crippen molar-refractivity contribution in [3.05, 3.63) is 70.8 Å². The first-order valence-electron chi connectivity index (χ1n) is 8.42. The molecule has 1 fully saturated rings. The number of hydrogen-bond donors (Lipinski definition) is 1. The van der Waals surface area contributed by atoms with Gasteiger partial charge in [-0.05, 0) is 28.8 Å². The zero-order valence-electron chi connectivity index (χ0n) is 14.3. The predicted octanol–water partition coefficient (Wildman–Crippen LogP) is 3.10. The molecule has 3 rings (SSSR count). The second-order valence-corrected chi connectivity index (χ2v) is 6.07. The highest BCUT2D eigenvalue weighted by Gasteiger charge is 2.12. The average Bonchev–Trinajstić information content (AvgIpc) is 2.64. The third kappa shape index (κ3) is 5.84. The molecule has 0 aliphatic carbocycles. The fourth-order valence-corrected chi connectivity index (χ4v) is 2.92. The quantitative estimate of drug-likeness (QED) is 0.863. The molecule has 0 atom stereocenters. The van der Waals surface area contributed by atoms with E-state index in [1.54, 1.807) is 0 Å². The van der Waals surface area contributed by atoms with Crippen molar-refractivity contribution in [2.75, 3.05) is 26.3 Å². The van der Waals surface area contributed by atoms with Crippen molar-refractivity contribution in [3.8, 4) is 6.07 Å². The molecule has 0 unspecified atom stereocenters. The van der Waals surface area contributed by atoms with E-state index in [-0.39, 0.29) is 12.4 Å². The van der Waals surface area contributed by atoms with E-state index in [1.165, 1.54) is 16.7 Å². The Hall–Kier alpha value is -1.90. The van der Waals surface area contributed by atoms with Gasteiger partial charge in [-0.15, -0.1) is 12.4 Å². The Morgan fingerprint density at radius 1 is 0.960 bits per heavy atom. The van der Waals surface area contributed by atoms with E-state index in [9.17, 15) is 0 Å². The largest absolute Gasteiger partial charge is 0.379 e. The summed E-state index contributed by atoms with van der Waals surface area (Å²) in [6, 6.07) is 18.5. The molecular weight excluding hydrogens is 334 g/mol. The normalized spacial score (nSPS) is 14.5. The summed E-state index contributed by atoms with van der Waals surface area (Å²) >= 11 is 0. The first-order chi connectivity index (χ1) is 11.8. The van der Waals surface area contributed by atoms with Crippen LogP contribution in [0.5, 0.6) is 0 Å². The van der Waals surface area contributed by atoms with Crippen LogP contribution in [0.3, 0.4) is 0 Å². The third-order valence-electron chi connectivity index (χ3n) is 4.34. The van der Waals surface area contributed by atoms with Gasteiger partial charge in [0.15, 0.2) is 0 Å². The topological polar surface area (TPSA) is 48.3 Å². The van der Waals surface area contributed by atoms with Crippen LogP contribution < -0.4 is 5.32 Å². The number of benzene rings is 2. The Balaban J connectivity index is 0.00000225. The van der Waals surface area contributed by atoms with Crippen molar-refractivity contribution in [2.45, 2.75) is 19.6 Å². The molecule has 1 saturated heterocycles. The summed E-state index contributed by atoms with van der Waals surface area (Å²) < 4.78 is 5.42. The minimum absolute atomic E-state index is 0. The lowest BCUT2D eigenvalue weighted by molar-refractivity contribution is 0.0340. The number of nitrogens with zero attached hydrogens (tertiary/aromatic N) is 2. The lowest BCUT2D eigenvalue weighted by Crippen LogP contribution is -2.36. The SMILES string of the molecule is Cl.N#Cc1ccc(CNCc2ccccc2CN2CCOCC2)cc1. The monoisotopic (exact) mass is 357 g/mol. The molecule has 1 aliphatic rings. The van der Waals surface area contributed by atoms with E-state index < -0.39 is 0 Å². The summed E-state index contributed by atoms with van der Waals surface area (Å²) in [5.74, 6) is 0. The van der Waals surface area contributed by atoms with Crippen LogP contribution in [0.1, 0.15) is 22.3 Å². The van der Waals surface area contributed by atoms with Crippen LogP contribution in [0.25, 0.3) is 0 Å². The van der Waals surface area contributed by atoms with Gasteiger partial charge in [-0.3, -0.25) is 4.90 Å². The highest BCUT2D eigenvalue weighted by Crippen LogP contribution is 2.13. The molecule has 0 spiro atoms. The predicted molar refractivity (Wildman–Crippen MR) is 101 cm³/mol. The maximum Gasteiger partial charge on any atom is 0.0991 e. The smallest absolute Gasteiger partial charge is 0.0991 e. The van der Waals surface area contributed by atoms with E-state index in [2.05, 4.69) is 40.6 Å². The Bertz CT molecular complexity index is 691. The van der Waals surface area contributed by atoms with Crippen molar-refractivity contribution >= 4 is 12.4 Å². The van der Waals surface area contributed by atoms with Crippen LogP contribution in [-0.2, 0) is 24.4 Å². The summed E-state index contributed by atoms with van der Waals surface area (Å²) in [5.41, 5.74) is 4.62. The molecule has 0 saturated carbocycles. The second-order valence-electron chi connectivity index (χ2n) is 6.07. The summed E-state index contributed by atoms with van der Waals surface area (Å²) in [6.45, 7) is 6.31. The van der Waals surface area contributed by atoms with Gasteiger partial charge in [-0.1, -0.05) is 36.4 Å². The van der Waals surface area contributed by atoms with Crippen molar-refractivity contribution in [1.29, 1.82) is 5.26 Å². The molecule has 132 valence electrons. The van der Waals surface area contributed by atoms with Crippen LogP contribution in [0, 0.1) is 11.3 Å². The second kappa shape index (κ2) is 10.2. The summed E-state index contributed by atoms with van der Waals surface area (Å²) in [5, 5.41) is 12.3. The zero-order valence-corrected chi connectivity index (χ0v) is 15.1. The Morgan fingerprint density at radius 2 is 1.64 bits per heavy atom. The molecular formula is C20H24ClN3O. The number of morpholine rings is 1. The Kier molecular flexibility index (Phi) is 7.90. The standard InChI is InChI=1S/C20H23N3O.ClH/c21-13-17-5-7-18(8-6-17)14-22-15-19-3-1-2-4-20(19)16-23-9-11-24-12-10-23;/h1-8,22H,9-12,14-16H2;1H. The highest BCUT2D eigenvalue weighted by atomic mass is 35.5. The van der Waals surface area contributed by atoms with Gasteiger partial charge in [0.25, 0.3) is 0 Å². The number of nitrogens with one attached hydrogen (secondary N) is 1. The van der Waals surface area contributed by atoms with Crippen LogP contribution in [0.15, 0.2) is 48.5 Å². The van der Waals surface area contributed by atoms with Crippen LogP contribution in [0.4, 0.5) is 0 Å². The zero-order chi connectivity index (χ0) is 16.6. The maximum absolute atomic E-state index is 8.84. The molecule has 4 nitrogen and oxygen atoms in total. The van der Waals surface area contributed by atoms with Gasteiger partial charge >= 0.3 is 0 Å². The van der Waals surface area contributed by atoms with Crippen molar-refractivity contribution in [2.24, 2.45) is 0 Å². The van der Waals surface area contributed by atoms with Gasteiger partial charge < -0.3 is 10.1 Å². The van der Waals surface area contributed by atoms with Crippen LogP contribution in [0.2, 0.25) is 0 Å². The molecule has 0 radical (unpaired) electrons. The first-order valence-corrected chi connectivity index (χ1v) is 8.42. The van der Waals surface area contributed by atoms with E-state index in [1.807, 2.05) is 24.3 Å². The minimum Gasteiger partial charge on any atom is -0.379 e. The van der Waals surface area contributed by atoms with E-state index in [0.29, 0.717) is 5.56 Å². The minimum atomic E-state index is 0. The lowest BCUT2D eigenvalue weighted by Gasteiger charge is -2.27. The van der Waals surface area contributed by atoms with Gasteiger partial charge in [-0.2, -0.15) is 5.26 Å². The third-order valence-corrected chi connectivity index (χ3v) is 4.34. The van der Waals surface area contributed by atoms with Crippen molar-refractivity contribution < 1.29 is 4.74 Å². The van der Waals surface area contributed by atoms with Gasteiger partial charge in [-0.25, -0.2) is 0 Å². The molecule has 1 N–H and O–H groups in total. The number of halogens is 1. The lowest BCUT2D eigenvalue weighted by atomic mass is 10.1. The first kappa shape index (κ1) is 19.4. The van der Waals surface area contributed by atoms with E-state index >= 15 is 0 Å². The molecule has 1 aliphatic heterocycles. The molecule has 2 aromatic rings. The number of hydrogen-bond acceptors (Lipinski definition) is 4. The highest BCUT2D eigenvalue weighted by molar-refractivity contribution is 5.85. The Labute approximate surface area is 155 Å². The number of rotatable bonds is 6.